The van der Waals surface area contributed by atoms with Crippen LogP contribution in [-0.2, 0) is 32.7 Å². The van der Waals surface area contributed by atoms with Gasteiger partial charge < -0.3 is 27.9 Å². The fourth-order valence-corrected chi connectivity index (χ4v) is 6.60. The number of hydrogen-bond donors (Lipinski definition) is 0. The third-order valence-electron chi connectivity index (χ3n) is 9.49. The van der Waals surface area contributed by atoms with Gasteiger partial charge in [0.05, 0.1) is 27.7 Å². The van der Waals surface area contributed by atoms with Gasteiger partial charge in [-0.2, -0.15) is 0 Å². The van der Waals surface area contributed by atoms with E-state index >= 15 is 0 Å². The monoisotopic (exact) mass is 836 g/mol. The van der Waals surface area contributed by atoms with E-state index in [4.69, 9.17) is 18.5 Å². The van der Waals surface area contributed by atoms with Crippen molar-refractivity contribution in [3.05, 3.63) is 60.8 Å². The topological polar surface area (TPSA) is 111 Å². The Balaban J connectivity index is 4.40. The van der Waals surface area contributed by atoms with Gasteiger partial charge in [0.15, 0.2) is 6.10 Å². The summed E-state index contributed by atoms with van der Waals surface area (Å²) in [6.45, 7) is 4.11. The number of ether oxygens (including phenoxy) is 2. The van der Waals surface area contributed by atoms with Crippen molar-refractivity contribution in [2.24, 2.45) is 0 Å². The number of esters is 2. The number of allylic oxidation sites excluding steroid dienone is 10. The molecule has 0 aromatic heterocycles. The molecule has 0 fully saturated rings. The van der Waals surface area contributed by atoms with Gasteiger partial charge in [-0.05, 0) is 77.0 Å². The van der Waals surface area contributed by atoms with Crippen LogP contribution in [-0.4, -0.2) is 70.0 Å². The molecule has 0 aromatic carbocycles. The molecule has 336 valence electrons. The normalized spacial score (nSPS) is 14.1. The van der Waals surface area contributed by atoms with Crippen LogP contribution >= 0.6 is 7.82 Å². The molecular weight excluding hydrogens is 750 g/mol. The third kappa shape index (κ3) is 43.3. The number of nitrogens with zero attached hydrogens (tertiary/aromatic N) is 1. The van der Waals surface area contributed by atoms with Crippen molar-refractivity contribution in [3.63, 3.8) is 0 Å². The summed E-state index contributed by atoms with van der Waals surface area (Å²) in [5, 5.41) is 0. The van der Waals surface area contributed by atoms with E-state index in [0.29, 0.717) is 17.4 Å². The summed E-state index contributed by atoms with van der Waals surface area (Å²) in [4.78, 5) is 37.6. The zero-order chi connectivity index (χ0) is 42.8. The molecule has 1 unspecified atom stereocenters. The molecule has 9 nitrogen and oxygen atoms in total. The molecule has 0 saturated heterocycles. The molecule has 10 heteroatoms. The number of phosphoric ester groups is 1. The van der Waals surface area contributed by atoms with Gasteiger partial charge in [0.2, 0.25) is 0 Å². The Labute approximate surface area is 356 Å². The molecule has 0 saturated carbocycles. The van der Waals surface area contributed by atoms with Gasteiger partial charge in [-0.1, -0.05) is 152 Å². The van der Waals surface area contributed by atoms with Gasteiger partial charge in [0.25, 0.3) is 7.82 Å². The summed E-state index contributed by atoms with van der Waals surface area (Å²) in [6, 6.07) is 0. The second-order valence-corrected chi connectivity index (χ2v) is 17.8. The Morgan fingerprint density at radius 1 is 0.534 bits per heavy atom. The molecule has 0 heterocycles. The van der Waals surface area contributed by atoms with E-state index in [9.17, 15) is 19.0 Å². The Bertz CT molecular complexity index is 1170. The van der Waals surface area contributed by atoms with Gasteiger partial charge in [-0.3, -0.25) is 14.2 Å². The summed E-state index contributed by atoms with van der Waals surface area (Å²) in [5.74, 6) is -0.878. The highest BCUT2D eigenvalue weighted by molar-refractivity contribution is 7.45. The predicted octanol–water partition coefficient (Wildman–Crippen LogP) is 12.6. The van der Waals surface area contributed by atoms with E-state index in [1.807, 2.05) is 21.1 Å². The van der Waals surface area contributed by atoms with Gasteiger partial charge >= 0.3 is 11.9 Å². The Hall–Kier alpha value is -2.29. The molecular formula is C48H86NO8P. The third-order valence-corrected chi connectivity index (χ3v) is 10.5. The van der Waals surface area contributed by atoms with Crippen LogP contribution in [0.25, 0.3) is 0 Å². The summed E-state index contributed by atoms with van der Waals surface area (Å²) in [5.41, 5.74) is 0. The highest BCUT2D eigenvalue weighted by Gasteiger charge is 2.21. The molecule has 0 aliphatic carbocycles. The standard InChI is InChI=1S/C48H86NO8P/c1-6-8-10-12-14-16-18-20-22-24-26-28-30-32-34-36-38-40-47(50)54-44-46(45-56-58(52,53)55-43-42-49(3,4)5)57-48(51)41-39-37-35-33-31-29-27-25-23-21-19-17-15-13-11-9-7-2/h11,13,17,19-20,22-23,25,29,31,46H,6-10,12,14-16,18,21,24,26-28,30,32-45H2,1-5H3/b13-11+,19-17+,22-20+,25-23+,31-29+/t46-/m1/s1. The van der Waals surface area contributed by atoms with Crippen molar-refractivity contribution in [3.8, 4) is 0 Å². The lowest BCUT2D eigenvalue weighted by Crippen LogP contribution is -2.37. The predicted molar refractivity (Wildman–Crippen MR) is 240 cm³/mol. The van der Waals surface area contributed by atoms with Gasteiger partial charge in [0.1, 0.15) is 19.8 Å². The van der Waals surface area contributed by atoms with Crippen LogP contribution in [0, 0.1) is 0 Å². The van der Waals surface area contributed by atoms with Crippen molar-refractivity contribution in [2.45, 2.75) is 187 Å². The maximum atomic E-state index is 12.7. The van der Waals surface area contributed by atoms with E-state index < -0.39 is 32.5 Å². The summed E-state index contributed by atoms with van der Waals surface area (Å²) >= 11 is 0. The largest absolute Gasteiger partial charge is 0.756 e. The van der Waals surface area contributed by atoms with Gasteiger partial charge in [-0.25, -0.2) is 0 Å². The molecule has 0 aliphatic heterocycles. The van der Waals surface area contributed by atoms with Crippen molar-refractivity contribution in [1.29, 1.82) is 0 Å². The first kappa shape index (κ1) is 55.7. The van der Waals surface area contributed by atoms with Crippen LogP contribution in [0.4, 0.5) is 0 Å². The van der Waals surface area contributed by atoms with Crippen LogP contribution in [0.2, 0.25) is 0 Å². The molecule has 2 atom stereocenters. The minimum Gasteiger partial charge on any atom is -0.756 e. The first-order chi connectivity index (χ1) is 28.0. The summed E-state index contributed by atoms with van der Waals surface area (Å²) in [7, 11) is 1.13. The van der Waals surface area contributed by atoms with Crippen molar-refractivity contribution >= 4 is 19.8 Å². The summed E-state index contributed by atoms with van der Waals surface area (Å²) in [6.07, 6.45) is 48.1. The van der Waals surface area contributed by atoms with Crippen molar-refractivity contribution in [1.82, 2.24) is 0 Å². The fourth-order valence-electron chi connectivity index (χ4n) is 5.87. The zero-order valence-corrected chi connectivity index (χ0v) is 38.6. The van der Waals surface area contributed by atoms with Crippen LogP contribution in [0.3, 0.4) is 0 Å². The molecule has 58 heavy (non-hydrogen) atoms. The van der Waals surface area contributed by atoms with E-state index in [0.717, 1.165) is 77.0 Å². The maximum absolute atomic E-state index is 12.7. The van der Waals surface area contributed by atoms with Crippen molar-refractivity contribution < 1.29 is 42.1 Å². The number of hydrogen-bond acceptors (Lipinski definition) is 8. The maximum Gasteiger partial charge on any atom is 0.306 e. The van der Waals surface area contributed by atoms with E-state index in [1.54, 1.807) is 0 Å². The number of quaternary nitrogens is 1. The Morgan fingerprint density at radius 2 is 0.966 bits per heavy atom. The number of likely N-dealkylation sites (N-methyl/N-ethyl adjacent to an activating group) is 1. The highest BCUT2D eigenvalue weighted by Crippen LogP contribution is 2.38. The lowest BCUT2D eigenvalue weighted by atomic mass is 10.1. The highest BCUT2D eigenvalue weighted by atomic mass is 31.2. The molecule has 0 aliphatic rings. The van der Waals surface area contributed by atoms with Gasteiger partial charge in [-0.15, -0.1) is 0 Å². The molecule has 0 spiro atoms. The lowest BCUT2D eigenvalue weighted by Gasteiger charge is -2.28. The first-order valence-electron chi connectivity index (χ1n) is 23.0. The first-order valence-corrected chi connectivity index (χ1v) is 24.5. The van der Waals surface area contributed by atoms with Crippen LogP contribution in [0.15, 0.2) is 60.8 Å². The number of rotatable bonds is 41. The molecule has 0 rings (SSSR count). The average Bonchev–Trinajstić information content (AvgIpc) is 3.17. The number of carbonyl (C=O) groups excluding carboxylic acids is 2. The Kier molecular flexibility index (Phi) is 38.5. The lowest BCUT2D eigenvalue weighted by molar-refractivity contribution is -0.870. The van der Waals surface area contributed by atoms with E-state index in [1.165, 1.54) is 70.6 Å². The van der Waals surface area contributed by atoms with Crippen LogP contribution in [0.5, 0.6) is 0 Å². The molecule has 0 bridgehead atoms. The SMILES string of the molecule is CCC/C=C/C/C=C/C/C=C/C/C=C/CCCCCC(=O)O[C@H](COC(=O)CCCCCCCCC/C=C/CCCCCCCC)COP(=O)([O-])OCC[N+](C)(C)C. The quantitative estimate of drug-likeness (QED) is 0.0197. The molecule has 0 aromatic rings. The second kappa shape index (κ2) is 40.1. The second-order valence-electron chi connectivity index (χ2n) is 16.4. The van der Waals surface area contributed by atoms with Crippen LogP contribution < -0.4 is 4.89 Å². The molecule has 0 amide bonds. The van der Waals surface area contributed by atoms with E-state index in [-0.39, 0.29) is 26.1 Å². The van der Waals surface area contributed by atoms with Crippen LogP contribution in [0.1, 0.15) is 181 Å². The molecule has 0 radical (unpaired) electrons. The average molecular weight is 836 g/mol. The molecule has 0 N–H and O–H groups in total. The fraction of sp³-hybridized carbons (Fsp3) is 0.750. The zero-order valence-electron chi connectivity index (χ0n) is 37.7. The van der Waals surface area contributed by atoms with Gasteiger partial charge in [0, 0.05) is 12.8 Å². The van der Waals surface area contributed by atoms with Crippen molar-refractivity contribution in [2.75, 3.05) is 47.5 Å². The minimum absolute atomic E-state index is 0.0403. The van der Waals surface area contributed by atoms with E-state index in [2.05, 4.69) is 74.6 Å². The Morgan fingerprint density at radius 3 is 1.48 bits per heavy atom. The summed E-state index contributed by atoms with van der Waals surface area (Å²) < 4.78 is 33.9. The minimum atomic E-state index is -4.64. The number of unbranched alkanes of at least 4 members (excludes halogenated alkanes) is 17. The number of phosphoric acid groups is 1. The smallest absolute Gasteiger partial charge is 0.306 e. The number of carbonyl (C=O) groups is 2.